The molecule has 0 aliphatic carbocycles. The lowest BCUT2D eigenvalue weighted by Crippen LogP contribution is -2.60. The number of aliphatic carboxylic acids is 1. The number of hydrogen-bond acceptors (Lipinski definition) is 20. The minimum atomic E-state index is -4.39. The first kappa shape index (κ1) is 95.4. The first-order valence-electron chi connectivity index (χ1n) is 42.6. The van der Waals surface area contributed by atoms with Gasteiger partial charge in [0.15, 0.2) is 5.78 Å². The van der Waals surface area contributed by atoms with Gasteiger partial charge in [-0.25, -0.2) is 22.7 Å². The Bertz CT molecular complexity index is 5180. The molecule has 32 nitrogen and oxygen atoms in total. The van der Waals surface area contributed by atoms with Crippen molar-refractivity contribution in [2.75, 3.05) is 46.1 Å². The van der Waals surface area contributed by atoms with Crippen molar-refractivity contribution in [3.8, 4) is 11.5 Å². The number of ketones is 1. The second-order valence-corrected chi connectivity index (χ2v) is 38.0. The van der Waals surface area contributed by atoms with Crippen LogP contribution in [0.15, 0.2) is 140 Å². The molecule has 7 heterocycles. The number of sulfonamides is 1. The molecule has 12 atom stereocenters. The number of nitrogens with zero attached hydrogens (tertiary/aromatic N) is 6. The number of aromatic nitrogens is 3. The van der Waals surface area contributed by atoms with Gasteiger partial charge in [0.1, 0.15) is 71.7 Å². The molecule has 2 fully saturated rings. The monoisotopic (exact) mass is 1740 g/mol. The molecule has 1 aromatic heterocycles. The molecule has 0 radical (unpaired) electrons. The average molecular weight is 1740 g/mol. The van der Waals surface area contributed by atoms with Crippen molar-refractivity contribution in [1.29, 1.82) is 0 Å². The number of ether oxygens (including phenoxy) is 3. The maximum atomic E-state index is 15.8. The van der Waals surface area contributed by atoms with Crippen molar-refractivity contribution in [3.63, 3.8) is 0 Å². The Balaban J connectivity index is 1.00. The molecule has 0 spiro atoms. The Kier molecular flexibility index (Phi) is 31.8. The van der Waals surface area contributed by atoms with Crippen LogP contribution in [0.2, 0.25) is 0 Å². The van der Waals surface area contributed by atoms with E-state index in [0.717, 1.165) is 26.4 Å². The van der Waals surface area contributed by atoms with Crippen LogP contribution in [0.4, 0.5) is 4.79 Å². The molecule has 0 saturated carbocycles. The number of amides is 10. The van der Waals surface area contributed by atoms with E-state index in [0.29, 0.717) is 58.7 Å². The summed E-state index contributed by atoms with van der Waals surface area (Å²) in [5, 5.41) is 43.1. The number of carboxylic acid groups (broad SMARTS) is 1. The first-order chi connectivity index (χ1) is 59.0. The fourth-order valence-electron chi connectivity index (χ4n) is 15.6. The third-order valence-corrected chi connectivity index (χ3v) is 24.3. The number of likely N-dealkylation sites (N-methyl/N-ethyl adjacent to an activating group) is 2. The Morgan fingerprint density at radius 2 is 1.18 bits per heavy atom. The number of fused-ring (bicyclic) bond motifs is 2. The van der Waals surface area contributed by atoms with Crippen LogP contribution < -0.4 is 51.4 Å². The van der Waals surface area contributed by atoms with Gasteiger partial charge in [0, 0.05) is 65.2 Å². The number of nitrogens with one attached hydrogen (secondary N) is 8. The number of hydrogen-bond donors (Lipinski definition) is 9. The number of likely N-dealkylation sites (tertiary alicyclic amines) is 2. The van der Waals surface area contributed by atoms with Gasteiger partial charge < -0.3 is 66.3 Å². The van der Waals surface area contributed by atoms with Crippen LogP contribution >= 0.6 is 0 Å². The minimum Gasteiger partial charge on any atom is -0.494 e. The van der Waals surface area contributed by atoms with Crippen LogP contribution in [0.1, 0.15) is 162 Å². The zero-order chi connectivity index (χ0) is 91.0. The maximum absolute atomic E-state index is 15.8. The summed E-state index contributed by atoms with van der Waals surface area (Å²) in [4.78, 5) is 178. The van der Waals surface area contributed by atoms with Gasteiger partial charge >= 0.3 is 12.1 Å². The van der Waals surface area contributed by atoms with Gasteiger partial charge in [0.05, 0.1) is 36.7 Å². The average Bonchev–Trinajstić information content (AvgIpc) is 1.65. The van der Waals surface area contributed by atoms with Crippen molar-refractivity contribution >= 4 is 103 Å². The van der Waals surface area contributed by atoms with Crippen LogP contribution in [0.25, 0.3) is 21.5 Å². The zero-order valence-corrected chi connectivity index (χ0v) is 74.5. The van der Waals surface area contributed by atoms with Gasteiger partial charge in [-0.3, -0.25) is 57.6 Å². The molecule has 9 N–H and O–H groups in total. The smallest absolute Gasteiger partial charge is 0.410 e. The molecule has 13 rings (SSSR count). The third kappa shape index (κ3) is 26.6. The summed E-state index contributed by atoms with van der Waals surface area (Å²) in [6.07, 6.45) is 1.03. The number of carbonyl (C=O) groups is 12. The fourth-order valence-corrected chi connectivity index (χ4v) is 16.7. The van der Waals surface area contributed by atoms with Crippen molar-refractivity contribution in [3.05, 3.63) is 168 Å². The van der Waals surface area contributed by atoms with Crippen molar-refractivity contribution in [2.45, 2.75) is 226 Å². The summed E-state index contributed by atoms with van der Waals surface area (Å²) in [5.74, 6) is -9.59. The van der Waals surface area contributed by atoms with E-state index in [1.807, 2.05) is 99.6 Å². The van der Waals surface area contributed by atoms with Gasteiger partial charge in [-0.1, -0.05) is 156 Å². The van der Waals surface area contributed by atoms with Gasteiger partial charge in [0.25, 0.3) is 0 Å². The molecule has 10 bridgehead atoms. The molecule has 6 aliphatic heterocycles. The molecular weight excluding hydrogens is 1620 g/mol. The van der Waals surface area contributed by atoms with Crippen LogP contribution in [-0.2, 0) is 99.8 Å². The summed E-state index contributed by atoms with van der Waals surface area (Å²) in [5.41, 5.74) is -0.326. The van der Waals surface area contributed by atoms with Crippen molar-refractivity contribution in [2.24, 2.45) is 22.7 Å². The largest absolute Gasteiger partial charge is 0.494 e. The highest BCUT2D eigenvalue weighted by atomic mass is 32.2. The lowest BCUT2D eigenvalue weighted by atomic mass is 9.85. The summed E-state index contributed by atoms with van der Waals surface area (Å²) in [6.45, 7) is 19.9. The van der Waals surface area contributed by atoms with E-state index < -0.39 is 170 Å². The normalized spacial score (nSPS) is 20.9. The molecular formula is C92H120N14O18S. The van der Waals surface area contributed by atoms with E-state index in [-0.39, 0.29) is 89.6 Å². The van der Waals surface area contributed by atoms with Gasteiger partial charge in [-0.15, -0.1) is 5.10 Å². The molecule has 7 aromatic rings. The van der Waals surface area contributed by atoms with E-state index in [9.17, 15) is 47.1 Å². The topological polar surface area (TPSA) is 424 Å². The van der Waals surface area contributed by atoms with Crippen molar-refractivity contribution < 1.29 is 85.3 Å². The SMILES string of the molecule is CN[C@@H](C)C(=O)N[C@H](C(=O)N1C[C@H]2CCCCOc3ccc(cc3)C[C@@H](C(=O)NS(=O)(=O)CCCNC(C)=O)CC(=O)[C@H](Cc3ccc4ccccc4c3)NC(=O)[C@@H]3C[C@@H](CN3C(=O)[C@@H](NC(=O)[C@H](C)N(C)C(=O)OC(C)(C)C)C(C)(C)C)n3cc(nn3)COc3ccc(cc3)C[C@@H](C(=O)O)NC(=O)[C@H](Cc3ccc4ccccc4c3)NC(=O)[C@@H]1C2)C(C)(C)C. The predicted octanol–water partition coefficient (Wildman–Crippen LogP) is 7.37. The fraction of sp³-hybridized carbons (Fsp3) is 0.500. The molecule has 6 aromatic carbocycles. The van der Waals surface area contributed by atoms with E-state index >= 15 is 24.0 Å². The van der Waals surface area contributed by atoms with E-state index in [4.69, 9.17) is 14.2 Å². The predicted molar refractivity (Wildman–Crippen MR) is 469 cm³/mol. The quantitative estimate of drug-likeness (QED) is 0.0357. The highest BCUT2D eigenvalue weighted by Gasteiger charge is 2.49. The van der Waals surface area contributed by atoms with Crippen LogP contribution in [0.5, 0.6) is 11.5 Å². The minimum absolute atomic E-state index is 0.0101. The maximum Gasteiger partial charge on any atom is 0.410 e. The molecule has 33 heteroatoms. The van der Waals surface area contributed by atoms with Gasteiger partial charge in [-0.2, -0.15) is 0 Å². The van der Waals surface area contributed by atoms with Gasteiger partial charge in [0.2, 0.25) is 63.2 Å². The number of Topliss-reactive ketones (excluding diaryl/α,β-unsaturated/α-hetero) is 1. The van der Waals surface area contributed by atoms with Crippen molar-refractivity contribution in [1.82, 2.24) is 71.6 Å². The number of carboxylic acids is 1. The van der Waals surface area contributed by atoms with Crippen LogP contribution in [0.3, 0.4) is 0 Å². The van der Waals surface area contributed by atoms with E-state index in [1.165, 1.54) is 35.4 Å². The van der Waals surface area contributed by atoms with Crippen LogP contribution in [-0.4, -0.2) is 220 Å². The Morgan fingerprint density at radius 1 is 0.640 bits per heavy atom. The highest BCUT2D eigenvalue weighted by Crippen LogP contribution is 2.35. The highest BCUT2D eigenvalue weighted by molar-refractivity contribution is 7.90. The Morgan fingerprint density at radius 3 is 1.74 bits per heavy atom. The number of rotatable bonds is 19. The second-order valence-electron chi connectivity index (χ2n) is 36.2. The molecule has 0 unspecified atom stereocenters. The molecule has 672 valence electrons. The lowest BCUT2D eigenvalue weighted by Gasteiger charge is -2.37. The standard InChI is InChI=1S/C92H120N14O18S/c1-55(93-13)80(109)98-78(90(4,5)6)86(115)104-51-62-22-19-20-40-122-70-35-29-58(30-36-70)42-67(82(111)101-125(120,121)41-21-39-94-57(3)107)49-77(108)72(46-60-27-33-63-23-15-17-25-65(63)43-60)95-85(114)76-50-69(53-105(76)87(116)79(91(7,8)9)99-81(110)56(2)103(14)89(119)124-92(10,11)12)106-52-68(100-102-106)54-123-71-37-31-59(32-38-71)45-74(88(117)118)97-83(112)73(96-84(113)75(104)48-62)47-61-28-34-64-24-16-18-26-66(64)44-61/h15-18,23-38,43-44,52,55-56,62,67,69,72-76,78-79,93H,19-22,39-42,45-51,53-54H2,1-14H3,(H,94,107)(H,95,114)(H,96,113)(H,97,112)(H,98,109)(H,99,110)(H,101,111)(H,117,118)/t55-,56-,62-,67+,69-,72-,73-,74-,75-,76-,78+,79+/m0/s1. The summed E-state index contributed by atoms with van der Waals surface area (Å²) < 4.78 is 49.3. The zero-order valence-electron chi connectivity index (χ0n) is 73.7. The third-order valence-electron chi connectivity index (χ3n) is 23.0. The molecule has 6 aliphatic rings. The summed E-state index contributed by atoms with van der Waals surface area (Å²) in [6, 6.07) is 27.4. The lowest BCUT2D eigenvalue weighted by molar-refractivity contribution is -0.145. The molecule has 2 saturated heterocycles. The molecule has 10 amide bonds. The second kappa shape index (κ2) is 41.7. The van der Waals surface area contributed by atoms with Crippen LogP contribution in [0, 0.1) is 22.7 Å². The summed E-state index contributed by atoms with van der Waals surface area (Å²) in [7, 11) is -1.39. The van der Waals surface area contributed by atoms with E-state index in [1.54, 1.807) is 116 Å². The van der Waals surface area contributed by atoms with Gasteiger partial charge in [-0.05, 0) is 171 Å². The Hall–Kier alpha value is -11.9. The summed E-state index contributed by atoms with van der Waals surface area (Å²) >= 11 is 0. The molecule has 125 heavy (non-hydrogen) atoms. The van der Waals surface area contributed by atoms with E-state index in [2.05, 4.69) is 52.3 Å². The Labute approximate surface area is 729 Å². The number of benzene rings is 6. The number of carbonyl (C=O) groups excluding carboxylic acids is 11. The first-order valence-corrected chi connectivity index (χ1v) is 44.2.